The molecule has 4 nitrogen and oxygen atoms in total. The minimum atomic E-state index is -0.276. The second-order valence-electron chi connectivity index (χ2n) is 6.02. The van der Waals surface area contributed by atoms with Gasteiger partial charge in [0.05, 0.1) is 5.56 Å². The Morgan fingerprint density at radius 3 is 2.75 bits per heavy atom. The van der Waals surface area contributed by atoms with Crippen LogP contribution in [0.4, 0.5) is 4.39 Å². The van der Waals surface area contributed by atoms with E-state index < -0.39 is 0 Å². The van der Waals surface area contributed by atoms with E-state index in [9.17, 15) is 9.18 Å². The Morgan fingerprint density at radius 1 is 1.25 bits per heavy atom. The molecule has 1 atom stereocenters. The maximum absolute atomic E-state index is 13.0. The third-order valence-electron chi connectivity index (χ3n) is 4.08. The summed E-state index contributed by atoms with van der Waals surface area (Å²) in [6.45, 7) is 4.53. The number of hydrogen-bond donors (Lipinski definition) is 1. The lowest BCUT2D eigenvalue weighted by atomic mass is 10.1. The first kappa shape index (κ1) is 16.5. The van der Waals surface area contributed by atoms with Crippen LogP contribution < -0.4 is 10.1 Å². The topological polar surface area (TPSA) is 41.6 Å². The highest BCUT2D eigenvalue weighted by molar-refractivity contribution is 5.97. The number of carbonyl (C=O) groups is 1. The summed E-state index contributed by atoms with van der Waals surface area (Å²) >= 11 is 0. The smallest absolute Gasteiger partial charge is 0.257 e. The van der Waals surface area contributed by atoms with E-state index in [0.717, 1.165) is 12.1 Å². The molecule has 2 aromatic carbocycles. The molecule has 1 aliphatic rings. The summed E-state index contributed by atoms with van der Waals surface area (Å²) in [7, 11) is 0. The highest BCUT2D eigenvalue weighted by atomic mass is 19.1. The minimum absolute atomic E-state index is 0.0157. The van der Waals surface area contributed by atoms with Crippen molar-refractivity contribution in [3.05, 3.63) is 65.5 Å². The zero-order valence-corrected chi connectivity index (χ0v) is 13.7. The Hall–Kier alpha value is -2.40. The predicted molar refractivity (Wildman–Crippen MR) is 90.5 cm³/mol. The SMILES string of the molecule is CC1CN(C(=O)c2ccccc2OCc2ccc(F)cc2)CCN1. The molecule has 0 bridgehead atoms. The van der Waals surface area contributed by atoms with Crippen LogP contribution >= 0.6 is 0 Å². The lowest BCUT2D eigenvalue weighted by molar-refractivity contribution is 0.0704. The van der Waals surface area contributed by atoms with Crippen molar-refractivity contribution in [2.45, 2.75) is 19.6 Å². The van der Waals surface area contributed by atoms with Crippen LogP contribution in [0.3, 0.4) is 0 Å². The average molecular weight is 328 g/mol. The lowest BCUT2D eigenvalue weighted by Crippen LogP contribution is -2.51. The summed E-state index contributed by atoms with van der Waals surface area (Å²) in [5.74, 6) is 0.262. The number of hydrogen-bond acceptors (Lipinski definition) is 3. The standard InChI is InChI=1S/C19H21FN2O2/c1-14-12-22(11-10-21-14)19(23)17-4-2-3-5-18(17)24-13-15-6-8-16(20)9-7-15/h2-9,14,21H,10-13H2,1H3. The van der Waals surface area contributed by atoms with Crippen LogP contribution in [-0.2, 0) is 6.61 Å². The van der Waals surface area contributed by atoms with Gasteiger partial charge in [0, 0.05) is 25.7 Å². The van der Waals surface area contributed by atoms with Gasteiger partial charge in [-0.1, -0.05) is 24.3 Å². The van der Waals surface area contributed by atoms with Gasteiger partial charge >= 0.3 is 0 Å². The maximum atomic E-state index is 13.0. The molecule has 1 fully saturated rings. The van der Waals surface area contributed by atoms with Crippen molar-refractivity contribution in [1.29, 1.82) is 0 Å². The van der Waals surface area contributed by atoms with Gasteiger partial charge in [-0.15, -0.1) is 0 Å². The van der Waals surface area contributed by atoms with Gasteiger partial charge in [0.25, 0.3) is 5.91 Å². The molecule has 0 aliphatic carbocycles. The predicted octanol–water partition coefficient (Wildman–Crippen LogP) is 2.84. The van der Waals surface area contributed by atoms with E-state index in [1.807, 2.05) is 17.0 Å². The Kier molecular flexibility index (Phi) is 5.11. The van der Waals surface area contributed by atoms with Gasteiger partial charge in [-0.25, -0.2) is 4.39 Å². The molecule has 1 aliphatic heterocycles. The van der Waals surface area contributed by atoms with Crippen molar-refractivity contribution < 1.29 is 13.9 Å². The molecule has 0 spiro atoms. The summed E-state index contributed by atoms with van der Waals surface area (Å²) in [6, 6.07) is 13.7. The number of rotatable bonds is 4. The maximum Gasteiger partial charge on any atom is 0.257 e. The Morgan fingerprint density at radius 2 is 2.00 bits per heavy atom. The van der Waals surface area contributed by atoms with E-state index in [2.05, 4.69) is 12.2 Å². The molecule has 1 saturated heterocycles. The zero-order chi connectivity index (χ0) is 16.9. The molecular formula is C19H21FN2O2. The van der Waals surface area contributed by atoms with Gasteiger partial charge in [-0.2, -0.15) is 0 Å². The van der Waals surface area contributed by atoms with Gasteiger partial charge in [0.2, 0.25) is 0 Å². The average Bonchev–Trinajstić information content (AvgIpc) is 2.61. The number of para-hydroxylation sites is 1. The number of ether oxygens (including phenoxy) is 1. The number of carbonyl (C=O) groups excluding carboxylic acids is 1. The van der Waals surface area contributed by atoms with E-state index in [4.69, 9.17) is 4.74 Å². The fourth-order valence-electron chi connectivity index (χ4n) is 2.80. The summed E-state index contributed by atoms with van der Waals surface area (Å²) < 4.78 is 18.8. The molecule has 1 unspecified atom stereocenters. The van der Waals surface area contributed by atoms with E-state index in [0.29, 0.717) is 31.0 Å². The first-order chi connectivity index (χ1) is 11.6. The molecule has 2 aromatic rings. The largest absolute Gasteiger partial charge is 0.488 e. The van der Waals surface area contributed by atoms with E-state index in [1.165, 1.54) is 12.1 Å². The number of halogens is 1. The molecule has 0 aromatic heterocycles. The quantitative estimate of drug-likeness (QED) is 0.938. The van der Waals surface area contributed by atoms with Crippen molar-refractivity contribution in [3.8, 4) is 5.75 Å². The van der Waals surface area contributed by atoms with Crippen LogP contribution in [0.1, 0.15) is 22.8 Å². The minimum Gasteiger partial charge on any atom is -0.488 e. The highest BCUT2D eigenvalue weighted by Crippen LogP contribution is 2.22. The zero-order valence-electron chi connectivity index (χ0n) is 13.7. The van der Waals surface area contributed by atoms with Crippen molar-refractivity contribution in [2.75, 3.05) is 19.6 Å². The fourth-order valence-corrected chi connectivity index (χ4v) is 2.80. The highest BCUT2D eigenvalue weighted by Gasteiger charge is 2.23. The van der Waals surface area contributed by atoms with Crippen molar-refractivity contribution in [3.63, 3.8) is 0 Å². The molecule has 24 heavy (non-hydrogen) atoms. The molecule has 1 N–H and O–H groups in total. The molecule has 1 amide bonds. The van der Waals surface area contributed by atoms with Crippen LogP contribution in [0.5, 0.6) is 5.75 Å². The van der Waals surface area contributed by atoms with Gasteiger partial charge in [0.1, 0.15) is 18.2 Å². The third kappa shape index (κ3) is 3.92. The Labute approximate surface area is 141 Å². The summed E-state index contributed by atoms with van der Waals surface area (Å²) in [5.41, 5.74) is 1.42. The van der Waals surface area contributed by atoms with Crippen LogP contribution in [0, 0.1) is 5.82 Å². The number of nitrogens with zero attached hydrogens (tertiary/aromatic N) is 1. The second kappa shape index (κ2) is 7.45. The Balaban J connectivity index is 1.72. The fraction of sp³-hybridized carbons (Fsp3) is 0.316. The molecule has 5 heteroatoms. The Bertz CT molecular complexity index is 703. The second-order valence-corrected chi connectivity index (χ2v) is 6.02. The molecule has 1 heterocycles. The van der Waals surface area contributed by atoms with Crippen molar-refractivity contribution >= 4 is 5.91 Å². The van der Waals surface area contributed by atoms with Crippen molar-refractivity contribution in [2.24, 2.45) is 0 Å². The first-order valence-electron chi connectivity index (χ1n) is 8.12. The molecule has 126 valence electrons. The number of benzene rings is 2. The van der Waals surface area contributed by atoms with Gasteiger partial charge < -0.3 is 15.0 Å². The molecule has 3 rings (SSSR count). The van der Waals surface area contributed by atoms with Crippen LogP contribution in [0.25, 0.3) is 0 Å². The van der Waals surface area contributed by atoms with Gasteiger partial charge in [-0.05, 0) is 36.8 Å². The molecule has 0 radical (unpaired) electrons. The summed E-state index contributed by atoms with van der Waals surface area (Å²) in [5, 5.41) is 3.33. The first-order valence-corrected chi connectivity index (χ1v) is 8.12. The van der Waals surface area contributed by atoms with Crippen LogP contribution in [0.2, 0.25) is 0 Å². The van der Waals surface area contributed by atoms with Crippen molar-refractivity contribution in [1.82, 2.24) is 10.2 Å². The number of nitrogens with one attached hydrogen (secondary N) is 1. The number of amides is 1. The lowest BCUT2D eigenvalue weighted by Gasteiger charge is -2.32. The normalized spacial score (nSPS) is 17.6. The third-order valence-corrected chi connectivity index (χ3v) is 4.08. The van der Waals surface area contributed by atoms with Gasteiger partial charge in [0.15, 0.2) is 0 Å². The van der Waals surface area contributed by atoms with Crippen LogP contribution in [-0.4, -0.2) is 36.5 Å². The van der Waals surface area contributed by atoms with Gasteiger partial charge in [-0.3, -0.25) is 4.79 Å². The molecule has 0 saturated carbocycles. The monoisotopic (exact) mass is 328 g/mol. The summed E-state index contributed by atoms with van der Waals surface area (Å²) in [4.78, 5) is 14.6. The molecular weight excluding hydrogens is 307 g/mol. The van der Waals surface area contributed by atoms with E-state index in [-0.39, 0.29) is 17.8 Å². The van der Waals surface area contributed by atoms with Crippen LogP contribution in [0.15, 0.2) is 48.5 Å². The summed E-state index contributed by atoms with van der Waals surface area (Å²) in [6.07, 6.45) is 0. The van der Waals surface area contributed by atoms with E-state index >= 15 is 0 Å². The van der Waals surface area contributed by atoms with E-state index in [1.54, 1.807) is 24.3 Å². The number of piperazine rings is 1.